The minimum Gasteiger partial charge on any atom is -0.337 e. The van der Waals surface area contributed by atoms with Crippen LogP contribution < -0.4 is 5.32 Å². The summed E-state index contributed by atoms with van der Waals surface area (Å²) in [6.07, 6.45) is 6.53. The average molecular weight is 386 g/mol. The zero-order valence-electron chi connectivity index (χ0n) is 15.7. The van der Waals surface area contributed by atoms with Crippen molar-refractivity contribution in [1.29, 1.82) is 0 Å². The summed E-state index contributed by atoms with van der Waals surface area (Å²) in [4.78, 5) is 22.5. The van der Waals surface area contributed by atoms with Crippen LogP contribution in [-0.2, 0) is 13.5 Å². The molecule has 0 aliphatic heterocycles. The Labute approximate surface area is 162 Å². The molecule has 0 radical (unpaired) electrons. The number of halogens is 1. The second-order valence-electron chi connectivity index (χ2n) is 6.48. The lowest BCUT2D eigenvalue weighted by atomic mass is 10.1. The number of aromatic nitrogens is 3. The van der Waals surface area contributed by atoms with E-state index in [1.165, 1.54) is 23.5 Å². The fourth-order valence-corrected chi connectivity index (χ4v) is 3.91. The number of benzene rings is 1. The predicted molar refractivity (Wildman–Crippen MR) is 104 cm³/mol. The second kappa shape index (κ2) is 8.43. The van der Waals surface area contributed by atoms with Gasteiger partial charge in [0.2, 0.25) is 0 Å². The van der Waals surface area contributed by atoms with Gasteiger partial charge in [-0.25, -0.2) is 14.4 Å². The Morgan fingerprint density at radius 1 is 1.33 bits per heavy atom. The molecule has 0 aliphatic carbocycles. The normalized spacial score (nSPS) is 12.1. The van der Waals surface area contributed by atoms with Gasteiger partial charge < -0.3 is 9.88 Å². The number of nitrogens with zero attached hydrogens (tertiary/aromatic N) is 3. The molecule has 1 amide bonds. The van der Waals surface area contributed by atoms with Crippen molar-refractivity contribution in [3.63, 3.8) is 0 Å². The van der Waals surface area contributed by atoms with Crippen molar-refractivity contribution >= 4 is 17.2 Å². The molecule has 5 nitrogen and oxygen atoms in total. The smallest absolute Gasteiger partial charge is 0.264 e. The topological polar surface area (TPSA) is 59.8 Å². The lowest BCUT2D eigenvalue weighted by Gasteiger charge is -2.19. The van der Waals surface area contributed by atoms with E-state index < -0.39 is 6.04 Å². The number of amides is 1. The molecular weight excluding hydrogens is 363 g/mol. The van der Waals surface area contributed by atoms with Crippen molar-refractivity contribution in [2.45, 2.75) is 39.2 Å². The van der Waals surface area contributed by atoms with Crippen molar-refractivity contribution in [3.8, 4) is 0 Å². The number of nitrogens with one attached hydrogen (secondary N) is 1. The molecule has 1 unspecified atom stereocenters. The number of thiazole rings is 1. The van der Waals surface area contributed by atoms with E-state index in [0.29, 0.717) is 10.7 Å². The standard InChI is InChI=1S/C20H23FN4OS/c1-4-5-6-16-23-13(2)18(27-16)20(26)24-17(19-22-11-12-25(19)3)14-7-9-15(21)10-8-14/h7-12,17H,4-6H2,1-3H3,(H,24,26). The Hall–Kier alpha value is -2.54. The molecule has 0 spiro atoms. The van der Waals surface area contributed by atoms with Gasteiger partial charge in [0.15, 0.2) is 0 Å². The number of unbranched alkanes of at least 4 members (excludes halogenated alkanes) is 1. The quantitative estimate of drug-likeness (QED) is 0.662. The van der Waals surface area contributed by atoms with E-state index in [1.807, 2.05) is 24.7 Å². The van der Waals surface area contributed by atoms with Gasteiger partial charge >= 0.3 is 0 Å². The minimum atomic E-state index is -0.473. The SMILES string of the molecule is CCCCc1nc(C)c(C(=O)NC(c2ccc(F)cc2)c2nccn2C)s1. The molecular formula is C20H23FN4OS. The first-order valence-corrected chi connectivity index (χ1v) is 9.81. The Morgan fingerprint density at radius 3 is 2.70 bits per heavy atom. The Kier molecular flexibility index (Phi) is 6.01. The lowest BCUT2D eigenvalue weighted by Crippen LogP contribution is -2.31. The third kappa shape index (κ3) is 4.42. The van der Waals surface area contributed by atoms with E-state index in [0.717, 1.165) is 35.5 Å². The van der Waals surface area contributed by atoms with Crippen LogP contribution in [-0.4, -0.2) is 20.4 Å². The minimum absolute atomic E-state index is 0.190. The zero-order chi connectivity index (χ0) is 19.4. The highest BCUT2D eigenvalue weighted by atomic mass is 32.1. The van der Waals surface area contributed by atoms with Gasteiger partial charge in [-0.1, -0.05) is 25.5 Å². The molecule has 142 valence electrons. The summed E-state index contributed by atoms with van der Waals surface area (Å²) in [6, 6.07) is 5.64. The van der Waals surface area contributed by atoms with E-state index >= 15 is 0 Å². The molecule has 1 atom stereocenters. The lowest BCUT2D eigenvalue weighted by molar-refractivity contribution is 0.0944. The van der Waals surface area contributed by atoms with Gasteiger partial charge in [0.1, 0.15) is 22.6 Å². The number of rotatable bonds is 7. The van der Waals surface area contributed by atoms with E-state index in [4.69, 9.17) is 0 Å². The maximum Gasteiger partial charge on any atom is 0.264 e. The van der Waals surface area contributed by atoms with Crippen molar-refractivity contribution in [2.24, 2.45) is 7.05 Å². The van der Waals surface area contributed by atoms with Gasteiger partial charge in [-0.05, 0) is 37.5 Å². The third-order valence-corrected chi connectivity index (χ3v) is 5.60. The summed E-state index contributed by atoms with van der Waals surface area (Å²) in [5, 5.41) is 4.03. The van der Waals surface area contributed by atoms with Gasteiger partial charge in [-0.15, -0.1) is 11.3 Å². The third-order valence-electron chi connectivity index (χ3n) is 4.39. The van der Waals surface area contributed by atoms with Crippen LogP contribution in [0.4, 0.5) is 4.39 Å². The highest BCUT2D eigenvalue weighted by Crippen LogP contribution is 2.24. The molecule has 27 heavy (non-hydrogen) atoms. The largest absolute Gasteiger partial charge is 0.337 e. The number of hydrogen-bond acceptors (Lipinski definition) is 4. The van der Waals surface area contributed by atoms with E-state index in [9.17, 15) is 9.18 Å². The first-order valence-electron chi connectivity index (χ1n) is 8.99. The number of carbonyl (C=O) groups excluding carboxylic acids is 1. The second-order valence-corrected chi connectivity index (χ2v) is 7.56. The monoisotopic (exact) mass is 386 g/mol. The fraction of sp³-hybridized carbons (Fsp3) is 0.350. The van der Waals surface area contributed by atoms with Crippen LogP contribution in [0.15, 0.2) is 36.7 Å². The Morgan fingerprint density at radius 2 is 2.07 bits per heavy atom. The zero-order valence-corrected chi connectivity index (χ0v) is 16.5. The first kappa shape index (κ1) is 19.2. The summed E-state index contributed by atoms with van der Waals surface area (Å²) in [6.45, 7) is 3.99. The molecule has 0 fully saturated rings. The summed E-state index contributed by atoms with van der Waals surface area (Å²) in [7, 11) is 1.87. The van der Waals surface area contributed by atoms with Gasteiger partial charge in [0, 0.05) is 19.4 Å². The van der Waals surface area contributed by atoms with Crippen molar-refractivity contribution in [3.05, 3.63) is 69.4 Å². The summed E-state index contributed by atoms with van der Waals surface area (Å²) in [5.74, 6) is 0.177. The maximum absolute atomic E-state index is 13.3. The molecule has 1 aromatic carbocycles. The number of aryl methyl sites for hydroxylation is 3. The molecule has 2 heterocycles. The highest BCUT2D eigenvalue weighted by Gasteiger charge is 2.24. The van der Waals surface area contributed by atoms with Crippen LogP contribution in [0.2, 0.25) is 0 Å². The Balaban J connectivity index is 1.88. The average Bonchev–Trinajstić information content (AvgIpc) is 3.24. The van der Waals surface area contributed by atoms with E-state index in [1.54, 1.807) is 18.3 Å². The number of imidazole rings is 1. The highest BCUT2D eigenvalue weighted by molar-refractivity contribution is 7.13. The van der Waals surface area contributed by atoms with Crippen molar-refractivity contribution in [1.82, 2.24) is 19.9 Å². The van der Waals surface area contributed by atoms with E-state index in [2.05, 4.69) is 22.2 Å². The molecule has 0 saturated carbocycles. The van der Waals surface area contributed by atoms with Crippen LogP contribution in [0.1, 0.15) is 57.6 Å². The Bertz CT molecular complexity index is 916. The van der Waals surface area contributed by atoms with Gasteiger partial charge in [-0.3, -0.25) is 4.79 Å². The van der Waals surface area contributed by atoms with Crippen LogP contribution in [0, 0.1) is 12.7 Å². The van der Waals surface area contributed by atoms with Crippen LogP contribution in [0.25, 0.3) is 0 Å². The molecule has 3 rings (SSSR count). The first-order chi connectivity index (χ1) is 13.0. The van der Waals surface area contributed by atoms with Gasteiger partial charge in [-0.2, -0.15) is 0 Å². The number of hydrogen-bond donors (Lipinski definition) is 1. The van der Waals surface area contributed by atoms with E-state index in [-0.39, 0.29) is 11.7 Å². The van der Waals surface area contributed by atoms with Crippen LogP contribution in [0.3, 0.4) is 0 Å². The number of carbonyl (C=O) groups is 1. The summed E-state index contributed by atoms with van der Waals surface area (Å²) in [5.41, 5.74) is 1.51. The molecule has 0 aliphatic rings. The van der Waals surface area contributed by atoms with Crippen LogP contribution in [0.5, 0.6) is 0 Å². The van der Waals surface area contributed by atoms with Gasteiger partial charge in [0.25, 0.3) is 5.91 Å². The predicted octanol–water partition coefficient (Wildman–Crippen LogP) is 4.19. The van der Waals surface area contributed by atoms with Crippen LogP contribution >= 0.6 is 11.3 Å². The molecule has 7 heteroatoms. The van der Waals surface area contributed by atoms with Crippen molar-refractivity contribution in [2.75, 3.05) is 0 Å². The maximum atomic E-state index is 13.3. The fourth-order valence-electron chi connectivity index (χ4n) is 2.90. The van der Waals surface area contributed by atoms with Gasteiger partial charge in [0.05, 0.1) is 10.7 Å². The molecule has 1 N–H and O–H groups in total. The molecule has 2 aromatic heterocycles. The summed E-state index contributed by atoms with van der Waals surface area (Å²) >= 11 is 1.44. The molecule has 3 aromatic rings. The molecule has 0 saturated heterocycles. The summed E-state index contributed by atoms with van der Waals surface area (Å²) < 4.78 is 15.2. The molecule has 0 bridgehead atoms. The van der Waals surface area contributed by atoms with Crippen molar-refractivity contribution < 1.29 is 9.18 Å².